The van der Waals surface area contributed by atoms with Gasteiger partial charge in [-0.1, -0.05) is 12.1 Å². The predicted molar refractivity (Wildman–Crippen MR) is 60.3 cm³/mol. The van der Waals surface area contributed by atoms with Gasteiger partial charge in [0.05, 0.1) is 0 Å². The zero-order chi connectivity index (χ0) is 10.4. The lowest BCUT2D eigenvalue weighted by Gasteiger charge is -2.19. The largest absolute Gasteiger partial charge is 0.368 e. The van der Waals surface area contributed by atoms with Gasteiger partial charge in [0.2, 0.25) is 0 Å². The average molecular weight is 201 g/mol. The summed E-state index contributed by atoms with van der Waals surface area (Å²) in [7, 11) is 0. The van der Waals surface area contributed by atoms with Gasteiger partial charge in [0.1, 0.15) is 0 Å². The molecule has 1 aromatic carbocycles. The molecule has 0 aromatic heterocycles. The van der Waals surface area contributed by atoms with Gasteiger partial charge < -0.3 is 5.11 Å². The molecular formula is C13H15NO. The minimum Gasteiger partial charge on any atom is -0.368 e. The van der Waals surface area contributed by atoms with E-state index in [2.05, 4.69) is 24.0 Å². The predicted octanol–water partition coefficient (Wildman–Crippen LogP) is 2.49. The second-order valence-electron chi connectivity index (χ2n) is 4.59. The summed E-state index contributed by atoms with van der Waals surface area (Å²) in [6.07, 6.45) is 4.71. The minimum atomic E-state index is -0.637. The minimum absolute atomic E-state index is 0.637. The van der Waals surface area contributed by atoms with Crippen LogP contribution in [0.15, 0.2) is 17.1 Å². The molecule has 0 bridgehead atoms. The number of aryl methyl sites for hydroxylation is 1. The number of fused-ring (bicyclic) bond motifs is 1. The van der Waals surface area contributed by atoms with Gasteiger partial charge in [-0.05, 0) is 42.4 Å². The molecule has 0 spiro atoms. The summed E-state index contributed by atoms with van der Waals surface area (Å²) in [5.41, 5.74) is 4.94. The number of hydrogen-bond acceptors (Lipinski definition) is 2. The fraction of sp³-hybridized carbons (Fsp3) is 0.462. The maximum Gasteiger partial charge on any atom is 0.171 e. The fourth-order valence-corrected chi connectivity index (χ4v) is 2.42. The molecular weight excluding hydrogens is 186 g/mol. The third-order valence-corrected chi connectivity index (χ3v) is 3.36. The number of rotatable bonds is 1. The van der Waals surface area contributed by atoms with E-state index >= 15 is 0 Å². The Morgan fingerprint density at radius 3 is 2.87 bits per heavy atom. The summed E-state index contributed by atoms with van der Waals surface area (Å²) < 4.78 is 0. The highest BCUT2D eigenvalue weighted by molar-refractivity contribution is 5.66. The first kappa shape index (κ1) is 9.10. The monoisotopic (exact) mass is 201 g/mol. The molecule has 1 saturated carbocycles. The van der Waals surface area contributed by atoms with Crippen molar-refractivity contribution in [2.24, 2.45) is 4.99 Å². The lowest BCUT2D eigenvalue weighted by molar-refractivity contribution is 0.185. The van der Waals surface area contributed by atoms with Crippen LogP contribution in [-0.2, 0) is 6.42 Å². The van der Waals surface area contributed by atoms with Crippen molar-refractivity contribution in [2.45, 2.75) is 38.3 Å². The van der Waals surface area contributed by atoms with Crippen LogP contribution in [0.5, 0.6) is 0 Å². The standard InChI is InChI=1S/C13H15NO/c1-8-6-11(9-2-3-9)7-10-4-5-14-13(15)12(8)10/h5-7,9,13,15H,2-4H2,1H3. The molecule has 1 aliphatic carbocycles. The van der Waals surface area contributed by atoms with Crippen molar-refractivity contribution in [1.82, 2.24) is 0 Å². The highest BCUT2D eigenvalue weighted by atomic mass is 16.3. The van der Waals surface area contributed by atoms with E-state index in [-0.39, 0.29) is 0 Å². The highest BCUT2D eigenvalue weighted by Crippen LogP contribution is 2.42. The van der Waals surface area contributed by atoms with E-state index in [0.29, 0.717) is 0 Å². The van der Waals surface area contributed by atoms with Crippen LogP contribution in [0.4, 0.5) is 0 Å². The topological polar surface area (TPSA) is 32.6 Å². The Morgan fingerprint density at radius 2 is 2.13 bits per heavy atom. The molecule has 1 unspecified atom stereocenters. The Bertz CT molecular complexity index is 432. The third-order valence-electron chi connectivity index (χ3n) is 3.36. The summed E-state index contributed by atoms with van der Waals surface area (Å²) in [5, 5.41) is 9.79. The molecule has 1 aromatic rings. The van der Waals surface area contributed by atoms with Gasteiger partial charge in [-0.2, -0.15) is 0 Å². The third kappa shape index (κ3) is 1.49. The van der Waals surface area contributed by atoms with Crippen molar-refractivity contribution < 1.29 is 5.11 Å². The lowest BCUT2D eigenvalue weighted by atomic mass is 9.92. The van der Waals surface area contributed by atoms with Crippen molar-refractivity contribution in [2.75, 3.05) is 0 Å². The fourth-order valence-electron chi connectivity index (χ4n) is 2.42. The zero-order valence-electron chi connectivity index (χ0n) is 8.90. The van der Waals surface area contributed by atoms with Gasteiger partial charge in [0.15, 0.2) is 6.23 Å². The van der Waals surface area contributed by atoms with Crippen LogP contribution in [0.1, 0.15) is 47.2 Å². The van der Waals surface area contributed by atoms with Crippen LogP contribution < -0.4 is 0 Å². The Kier molecular flexibility index (Phi) is 1.93. The molecule has 0 radical (unpaired) electrons. The van der Waals surface area contributed by atoms with Gasteiger partial charge >= 0.3 is 0 Å². The van der Waals surface area contributed by atoms with Crippen molar-refractivity contribution in [3.8, 4) is 0 Å². The number of aliphatic hydroxyl groups excluding tert-OH is 1. The van der Waals surface area contributed by atoms with Crippen LogP contribution >= 0.6 is 0 Å². The first-order valence-electron chi connectivity index (χ1n) is 5.58. The number of benzene rings is 1. The number of aliphatic hydroxyl groups is 1. The molecule has 2 nitrogen and oxygen atoms in total. The number of nitrogens with zero attached hydrogens (tertiary/aromatic N) is 1. The Balaban J connectivity index is 2.11. The first-order valence-corrected chi connectivity index (χ1v) is 5.58. The SMILES string of the molecule is Cc1cc(C2CC2)cc2c1C(O)N=CC2. The van der Waals surface area contributed by atoms with E-state index in [1.807, 2.05) is 6.21 Å². The van der Waals surface area contributed by atoms with Crippen LogP contribution in [0.25, 0.3) is 0 Å². The van der Waals surface area contributed by atoms with Gasteiger partial charge in [-0.3, -0.25) is 4.99 Å². The van der Waals surface area contributed by atoms with E-state index in [0.717, 1.165) is 17.9 Å². The zero-order valence-corrected chi connectivity index (χ0v) is 8.90. The second-order valence-corrected chi connectivity index (χ2v) is 4.59. The van der Waals surface area contributed by atoms with Crippen molar-refractivity contribution in [1.29, 1.82) is 0 Å². The molecule has 78 valence electrons. The van der Waals surface area contributed by atoms with E-state index in [9.17, 15) is 5.11 Å². The molecule has 15 heavy (non-hydrogen) atoms. The average Bonchev–Trinajstić information content (AvgIpc) is 3.00. The van der Waals surface area contributed by atoms with E-state index in [1.165, 1.54) is 29.5 Å². The van der Waals surface area contributed by atoms with Crippen molar-refractivity contribution in [3.63, 3.8) is 0 Å². The second kappa shape index (κ2) is 3.17. The summed E-state index contributed by atoms with van der Waals surface area (Å²) in [5.74, 6) is 0.782. The van der Waals surface area contributed by atoms with Crippen LogP contribution in [0, 0.1) is 6.92 Å². The molecule has 1 aliphatic heterocycles. The summed E-state index contributed by atoms with van der Waals surface area (Å²) >= 11 is 0. The maximum atomic E-state index is 9.79. The number of aliphatic imine (C=N–C) groups is 1. The molecule has 1 N–H and O–H groups in total. The smallest absolute Gasteiger partial charge is 0.171 e. The van der Waals surface area contributed by atoms with Crippen LogP contribution in [0.2, 0.25) is 0 Å². The first-order chi connectivity index (χ1) is 7.25. The molecule has 3 rings (SSSR count). The number of hydrogen-bond donors (Lipinski definition) is 1. The van der Waals surface area contributed by atoms with Gasteiger partial charge in [0.25, 0.3) is 0 Å². The molecule has 0 amide bonds. The molecule has 1 atom stereocenters. The lowest BCUT2D eigenvalue weighted by Crippen LogP contribution is -2.09. The van der Waals surface area contributed by atoms with Crippen molar-refractivity contribution >= 4 is 6.21 Å². The van der Waals surface area contributed by atoms with Crippen LogP contribution in [-0.4, -0.2) is 11.3 Å². The van der Waals surface area contributed by atoms with Crippen LogP contribution in [0.3, 0.4) is 0 Å². The molecule has 1 heterocycles. The summed E-state index contributed by atoms with van der Waals surface area (Å²) in [4.78, 5) is 4.05. The molecule has 2 heteroatoms. The van der Waals surface area contributed by atoms with Gasteiger partial charge in [0, 0.05) is 18.2 Å². The summed E-state index contributed by atoms with van der Waals surface area (Å²) in [6.45, 7) is 2.08. The normalized spacial score (nSPS) is 24.0. The van der Waals surface area contributed by atoms with E-state index < -0.39 is 6.23 Å². The Labute approximate surface area is 89.7 Å². The van der Waals surface area contributed by atoms with Gasteiger partial charge in [-0.25, -0.2) is 0 Å². The maximum absolute atomic E-state index is 9.79. The highest BCUT2D eigenvalue weighted by Gasteiger charge is 2.26. The van der Waals surface area contributed by atoms with E-state index in [4.69, 9.17) is 0 Å². The molecule has 0 saturated heterocycles. The summed E-state index contributed by atoms with van der Waals surface area (Å²) in [6, 6.07) is 4.48. The van der Waals surface area contributed by atoms with Gasteiger partial charge in [-0.15, -0.1) is 0 Å². The Hall–Kier alpha value is -1.15. The Morgan fingerprint density at radius 1 is 1.33 bits per heavy atom. The molecule has 1 fully saturated rings. The molecule has 2 aliphatic rings. The van der Waals surface area contributed by atoms with Crippen molar-refractivity contribution in [3.05, 3.63) is 34.4 Å². The quantitative estimate of drug-likeness (QED) is 0.744. The van der Waals surface area contributed by atoms with E-state index in [1.54, 1.807) is 0 Å².